The average Bonchev–Trinajstić information content (AvgIpc) is 2.29. The minimum absolute atomic E-state index is 0.591. The standard InChI is InChI=1S/C12H23NO2S/c1-2-9-4-3-5-10(8-9)16-7-6-11(13)12(14)15/h9-11H,2-8,13H2,1H3,(H,14,15). The lowest BCUT2D eigenvalue weighted by Gasteiger charge is -2.28. The molecule has 1 saturated carbocycles. The van der Waals surface area contributed by atoms with Crippen LogP contribution in [0.3, 0.4) is 0 Å². The van der Waals surface area contributed by atoms with Crippen LogP contribution in [0, 0.1) is 5.92 Å². The summed E-state index contributed by atoms with van der Waals surface area (Å²) in [5, 5.41) is 9.40. The molecule has 3 unspecified atom stereocenters. The van der Waals surface area contributed by atoms with Gasteiger partial charge in [-0.25, -0.2) is 0 Å². The van der Waals surface area contributed by atoms with E-state index in [4.69, 9.17) is 10.8 Å². The van der Waals surface area contributed by atoms with Gasteiger partial charge in [-0.15, -0.1) is 0 Å². The number of thioether (sulfide) groups is 1. The molecule has 0 aliphatic heterocycles. The van der Waals surface area contributed by atoms with Gasteiger partial charge in [-0.2, -0.15) is 11.8 Å². The van der Waals surface area contributed by atoms with Gasteiger partial charge in [0, 0.05) is 5.25 Å². The molecule has 1 aliphatic carbocycles. The van der Waals surface area contributed by atoms with Crippen LogP contribution in [-0.2, 0) is 4.79 Å². The van der Waals surface area contributed by atoms with E-state index >= 15 is 0 Å². The summed E-state index contributed by atoms with van der Waals surface area (Å²) in [6.45, 7) is 2.26. The number of hydrogen-bond donors (Lipinski definition) is 2. The fraction of sp³-hybridized carbons (Fsp3) is 0.917. The maximum absolute atomic E-state index is 10.5. The van der Waals surface area contributed by atoms with Gasteiger partial charge in [0.2, 0.25) is 0 Å². The van der Waals surface area contributed by atoms with E-state index in [1.807, 2.05) is 11.8 Å². The Morgan fingerprint density at radius 3 is 2.94 bits per heavy atom. The maximum atomic E-state index is 10.5. The summed E-state index contributed by atoms with van der Waals surface area (Å²) in [5.74, 6) is 0.893. The van der Waals surface area contributed by atoms with Crippen LogP contribution in [0.15, 0.2) is 0 Å². The molecular weight excluding hydrogens is 222 g/mol. The molecule has 1 fully saturated rings. The SMILES string of the molecule is CCC1CCCC(SCCC(N)C(=O)O)C1. The summed E-state index contributed by atoms with van der Waals surface area (Å²) in [7, 11) is 0. The molecule has 3 atom stereocenters. The van der Waals surface area contributed by atoms with E-state index < -0.39 is 12.0 Å². The minimum Gasteiger partial charge on any atom is -0.480 e. The van der Waals surface area contributed by atoms with Gasteiger partial charge in [-0.1, -0.05) is 26.2 Å². The molecule has 0 bridgehead atoms. The van der Waals surface area contributed by atoms with Gasteiger partial charge < -0.3 is 10.8 Å². The molecular formula is C12H23NO2S. The van der Waals surface area contributed by atoms with Gasteiger partial charge >= 0.3 is 5.97 Å². The number of hydrogen-bond acceptors (Lipinski definition) is 3. The Morgan fingerprint density at radius 1 is 1.56 bits per heavy atom. The van der Waals surface area contributed by atoms with Crippen molar-refractivity contribution in [2.75, 3.05) is 5.75 Å². The van der Waals surface area contributed by atoms with Crippen LogP contribution in [0.5, 0.6) is 0 Å². The summed E-state index contributed by atoms with van der Waals surface area (Å²) in [5.41, 5.74) is 5.47. The summed E-state index contributed by atoms with van der Waals surface area (Å²) >= 11 is 1.92. The number of nitrogens with two attached hydrogens (primary N) is 1. The Hall–Kier alpha value is -0.220. The number of carboxylic acids is 1. The lowest BCUT2D eigenvalue weighted by atomic mass is 9.87. The number of carbonyl (C=O) groups is 1. The first kappa shape index (κ1) is 13.8. The van der Waals surface area contributed by atoms with Crippen molar-refractivity contribution in [3.63, 3.8) is 0 Å². The molecule has 0 aromatic carbocycles. The monoisotopic (exact) mass is 245 g/mol. The van der Waals surface area contributed by atoms with Crippen LogP contribution >= 0.6 is 11.8 Å². The molecule has 0 amide bonds. The van der Waals surface area contributed by atoms with Crippen LogP contribution in [0.1, 0.15) is 45.4 Å². The van der Waals surface area contributed by atoms with Gasteiger partial charge in [0.25, 0.3) is 0 Å². The Balaban J connectivity index is 2.15. The first-order chi connectivity index (χ1) is 7.63. The first-order valence-electron chi connectivity index (χ1n) is 6.23. The second-order valence-electron chi connectivity index (χ2n) is 4.67. The highest BCUT2D eigenvalue weighted by Gasteiger charge is 2.21. The van der Waals surface area contributed by atoms with Crippen molar-refractivity contribution in [2.45, 2.75) is 56.7 Å². The number of carboxylic acid groups (broad SMARTS) is 1. The predicted molar refractivity (Wildman–Crippen MR) is 68.7 cm³/mol. The zero-order valence-corrected chi connectivity index (χ0v) is 10.8. The molecule has 94 valence electrons. The third-order valence-corrected chi connectivity index (χ3v) is 4.78. The molecule has 0 aromatic heterocycles. The summed E-state index contributed by atoms with van der Waals surface area (Å²) in [6.07, 6.45) is 7.19. The van der Waals surface area contributed by atoms with Crippen molar-refractivity contribution >= 4 is 17.7 Å². The van der Waals surface area contributed by atoms with Crippen LogP contribution < -0.4 is 5.73 Å². The van der Waals surface area contributed by atoms with Crippen molar-refractivity contribution in [1.82, 2.24) is 0 Å². The van der Waals surface area contributed by atoms with E-state index in [1.165, 1.54) is 32.1 Å². The molecule has 0 aromatic rings. The van der Waals surface area contributed by atoms with E-state index in [2.05, 4.69) is 6.92 Å². The third kappa shape index (κ3) is 4.74. The summed E-state index contributed by atoms with van der Waals surface area (Å²) in [6, 6.07) is -0.682. The fourth-order valence-electron chi connectivity index (χ4n) is 2.25. The zero-order valence-electron chi connectivity index (χ0n) is 10.0. The third-order valence-electron chi connectivity index (χ3n) is 3.41. The van der Waals surface area contributed by atoms with Gasteiger partial charge in [0.1, 0.15) is 6.04 Å². The van der Waals surface area contributed by atoms with Crippen molar-refractivity contribution in [3.8, 4) is 0 Å². The molecule has 3 N–H and O–H groups in total. The van der Waals surface area contributed by atoms with Crippen molar-refractivity contribution in [2.24, 2.45) is 11.7 Å². The van der Waals surface area contributed by atoms with E-state index in [1.54, 1.807) is 0 Å². The van der Waals surface area contributed by atoms with E-state index in [9.17, 15) is 4.79 Å². The molecule has 4 heteroatoms. The fourth-order valence-corrected chi connectivity index (χ4v) is 3.71. The Morgan fingerprint density at radius 2 is 2.31 bits per heavy atom. The molecule has 1 rings (SSSR count). The second kappa shape index (κ2) is 7.17. The van der Waals surface area contributed by atoms with Gasteiger partial charge in [0.05, 0.1) is 0 Å². The molecule has 0 spiro atoms. The van der Waals surface area contributed by atoms with Crippen molar-refractivity contribution in [3.05, 3.63) is 0 Å². The first-order valence-corrected chi connectivity index (χ1v) is 7.28. The quantitative estimate of drug-likeness (QED) is 0.754. The van der Waals surface area contributed by atoms with Crippen molar-refractivity contribution in [1.29, 1.82) is 0 Å². The number of aliphatic carboxylic acids is 1. The molecule has 16 heavy (non-hydrogen) atoms. The van der Waals surface area contributed by atoms with Gasteiger partial charge in [-0.05, 0) is 30.9 Å². The van der Waals surface area contributed by atoms with Crippen LogP contribution in [0.4, 0.5) is 0 Å². The molecule has 1 aliphatic rings. The van der Waals surface area contributed by atoms with Crippen molar-refractivity contribution < 1.29 is 9.90 Å². The Labute approximate surface area is 102 Å². The van der Waals surface area contributed by atoms with Crippen LogP contribution in [0.25, 0.3) is 0 Å². The van der Waals surface area contributed by atoms with Crippen LogP contribution in [-0.4, -0.2) is 28.1 Å². The topological polar surface area (TPSA) is 63.3 Å². The summed E-state index contributed by atoms with van der Waals surface area (Å²) < 4.78 is 0. The highest BCUT2D eigenvalue weighted by Crippen LogP contribution is 2.33. The maximum Gasteiger partial charge on any atom is 0.320 e. The van der Waals surface area contributed by atoms with Crippen LogP contribution in [0.2, 0.25) is 0 Å². The van der Waals surface area contributed by atoms with E-state index in [0.29, 0.717) is 6.42 Å². The lowest BCUT2D eigenvalue weighted by Crippen LogP contribution is -2.30. The molecule has 0 heterocycles. The van der Waals surface area contributed by atoms with Gasteiger partial charge in [0.15, 0.2) is 0 Å². The molecule has 0 saturated heterocycles. The summed E-state index contributed by atoms with van der Waals surface area (Å²) in [4.78, 5) is 10.5. The van der Waals surface area contributed by atoms with E-state index in [0.717, 1.165) is 16.9 Å². The normalized spacial score (nSPS) is 27.6. The number of rotatable bonds is 6. The smallest absolute Gasteiger partial charge is 0.320 e. The highest BCUT2D eigenvalue weighted by molar-refractivity contribution is 7.99. The lowest BCUT2D eigenvalue weighted by molar-refractivity contribution is -0.138. The van der Waals surface area contributed by atoms with Gasteiger partial charge in [-0.3, -0.25) is 4.79 Å². The van der Waals surface area contributed by atoms with E-state index in [-0.39, 0.29) is 0 Å². The second-order valence-corrected chi connectivity index (χ2v) is 6.08. The molecule has 3 nitrogen and oxygen atoms in total. The highest BCUT2D eigenvalue weighted by atomic mass is 32.2. The average molecular weight is 245 g/mol. The molecule has 0 radical (unpaired) electrons. The Bertz CT molecular complexity index is 223. The largest absolute Gasteiger partial charge is 0.480 e. The predicted octanol–water partition coefficient (Wildman–Crippen LogP) is 2.49. The minimum atomic E-state index is -0.879. The zero-order chi connectivity index (χ0) is 12.0. The Kier molecular flexibility index (Phi) is 6.21.